The highest BCUT2D eigenvalue weighted by Gasteiger charge is 1.95. The van der Waals surface area contributed by atoms with Crippen LogP contribution < -0.4 is 11.3 Å². The fraction of sp³-hybridized carbons (Fsp3) is 0.750. The minimum Gasteiger partial charge on any atom is -0.270 e. The smallest absolute Gasteiger partial charge is 0.107 e. The van der Waals surface area contributed by atoms with Crippen molar-refractivity contribution in [3.63, 3.8) is 0 Å². The summed E-state index contributed by atoms with van der Waals surface area (Å²) in [5.74, 6) is 4.92. The molecule has 0 aliphatic carbocycles. The summed E-state index contributed by atoms with van der Waals surface area (Å²) in [7, 11) is 0. The maximum atomic E-state index is 8.13. The molecule has 0 fully saturated rings. The molecule has 0 aromatic heterocycles. The van der Waals surface area contributed by atoms with Gasteiger partial charge < -0.3 is 0 Å². The van der Waals surface area contributed by atoms with E-state index in [-0.39, 0.29) is 6.04 Å². The SMILES string of the molecule is CCC(C#N)NN. The Labute approximate surface area is 43.1 Å². The van der Waals surface area contributed by atoms with Gasteiger partial charge in [0.15, 0.2) is 0 Å². The van der Waals surface area contributed by atoms with Gasteiger partial charge in [-0.2, -0.15) is 5.26 Å². The van der Waals surface area contributed by atoms with Crippen LogP contribution in [0, 0.1) is 11.3 Å². The molecule has 0 aliphatic rings. The fourth-order valence-electron chi connectivity index (χ4n) is 0.246. The Bertz CT molecular complexity index is 69.5. The average Bonchev–Trinajstić information content (AvgIpc) is 1.72. The van der Waals surface area contributed by atoms with Crippen LogP contribution in [0.25, 0.3) is 0 Å². The van der Waals surface area contributed by atoms with Gasteiger partial charge in [-0.05, 0) is 6.42 Å². The van der Waals surface area contributed by atoms with Gasteiger partial charge in [0.1, 0.15) is 6.04 Å². The summed E-state index contributed by atoms with van der Waals surface area (Å²) < 4.78 is 0. The fourth-order valence-corrected chi connectivity index (χ4v) is 0.246. The lowest BCUT2D eigenvalue weighted by Crippen LogP contribution is -2.32. The van der Waals surface area contributed by atoms with Crippen molar-refractivity contribution in [1.82, 2.24) is 5.43 Å². The minimum absolute atomic E-state index is 0.181. The Morgan fingerprint density at radius 2 is 2.57 bits per heavy atom. The highest BCUT2D eigenvalue weighted by molar-refractivity contribution is 4.85. The molecular formula is C4H9N3. The van der Waals surface area contributed by atoms with Gasteiger partial charge in [-0.3, -0.25) is 5.84 Å². The first-order valence-corrected chi connectivity index (χ1v) is 2.20. The van der Waals surface area contributed by atoms with Crippen molar-refractivity contribution in [2.24, 2.45) is 5.84 Å². The molecule has 0 radical (unpaired) electrons. The van der Waals surface area contributed by atoms with Crippen LogP contribution in [0.2, 0.25) is 0 Å². The maximum Gasteiger partial charge on any atom is 0.107 e. The molecule has 1 atom stereocenters. The summed E-state index contributed by atoms with van der Waals surface area (Å²) in [6.07, 6.45) is 0.757. The van der Waals surface area contributed by atoms with Gasteiger partial charge >= 0.3 is 0 Å². The molecule has 40 valence electrons. The monoisotopic (exact) mass is 99.1 g/mol. The van der Waals surface area contributed by atoms with Crippen molar-refractivity contribution < 1.29 is 0 Å². The van der Waals surface area contributed by atoms with E-state index < -0.39 is 0 Å². The maximum absolute atomic E-state index is 8.13. The molecule has 0 aliphatic heterocycles. The summed E-state index contributed by atoms with van der Waals surface area (Å²) in [4.78, 5) is 0. The Morgan fingerprint density at radius 3 is 2.57 bits per heavy atom. The van der Waals surface area contributed by atoms with E-state index in [1.54, 1.807) is 0 Å². The van der Waals surface area contributed by atoms with Crippen molar-refractivity contribution in [2.75, 3.05) is 0 Å². The van der Waals surface area contributed by atoms with E-state index in [0.717, 1.165) is 6.42 Å². The zero-order chi connectivity index (χ0) is 5.70. The van der Waals surface area contributed by atoms with Crippen molar-refractivity contribution in [2.45, 2.75) is 19.4 Å². The Hall–Kier alpha value is -0.590. The molecule has 0 spiro atoms. The first-order chi connectivity index (χ1) is 3.35. The molecule has 0 rings (SSSR count). The first-order valence-electron chi connectivity index (χ1n) is 2.20. The molecule has 7 heavy (non-hydrogen) atoms. The third kappa shape index (κ3) is 2.15. The van der Waals surface area contributed by atoms with Crippen molar-refractivity contribution in [3.8, 4) is 6.07 Å². The van der Waals surface area contributed by atoms with Gasteiger partial charge in [0, 0.05) is 0 Å². The summed E-state index contributed by atoms with van der Waals surface area (Å²) in [5, 5.41) is 8.13. The predicted molar refractivity (Wildman–Crippen MR) is 27.0 cm³/mol. The number of nitrogens with two attached hydrogens (primary N) is 1. The number of hydrogen-bond donors (Lipinski definition) is 2. The molecule has 3 N–H and O–H groups in total. The lowest BCUT2D eigenvalue weighted by atomic mass is 10.3. The molecule has 0 amide bonds. The Morgan fingerprint density at radius 1 is 2.00 bits per heavy atom. The minimum atomic E-state index is -0.181. The summed E-state index contributed by atoms with van der Waals surface area (Å²) in [6, 6.07) is 1.78. The topological polar surface area (TPSA) is 61.8 Å². The van der Waals surface area contributed by atoms with E-state index in [4.69, 9.17) is 11.1 Å². The number of rotatable bonds is 2. The molecule has 0 bridgehead atoms. The Balaban J connectivity index is 3.23. The third-order valence-corrected chi connectivity index (χ3v) is 0.765. The van der Waals surface area contributed by atoms with Gasteiger partial charge in [-0.25, -0.2) is 5.43 Å². The number of nitriles is 1. The van der Waals surface area contributed by atoms with Gasteiger partial charge in [0.2, 0.25) is 0 Å². The zero-order valence-corrected chi connectivity index (χ0v) is 4.31. The van der Waals surface area contributed by atoms with Crippen LogP contribution in [0.1, 0.15) is 13.3 Å². The van der Waals surface area contributed by atoms with E-state index in [9.17, 15) is 0 Å². The number of nitrogens with zero attached hydrogens (tertiary/aromatic N) is 1. The van der Waals surface area contributed by atoms with E-state index in [2.05, 4.69) is 5.43 Å². The van der Waals surface area contributed by atoms with Crippen LogP contribution in [-0.4, -0.2) is 6.04 Å². The average molecular weight is 99.1 g/mol. The molecule has 0 saturated heterocycles. The van der Waals surface area contributed by atoms with Crippen LogP contribution >= 0.6 is 0 Å². The first kappa shape index (κ1) is 6.41. The van der Waals surface area contributed by atoms with Crippen LogP contribution in [0.4, 0.5) is 0 Å². The van der Waals surface area contributed by atoms with Crippen molar-refractivity contribution in [1.29, 1.82) is 5.26 Å². The molecule has 3 nitrogen and oxygen atoms in total. The van der Waals surface area contributed by atoms with Gasteiger partial charge in [0.25, 0.3) is 0 Å². The second-order valence-corrected chi connectivity index (χ2v) is 1.26. The van der Waals surface area contributed by atoms with Gasteiger partial charge in [0.05, 0.1) is 6.07 Å². The van der Waals surface area contributed by atoms with Crippen molar-refractivity contribution in [3.05, 3.63) is 0 Å². The molecule has 1 unspecified atom stereocenters. The summed E-state index contributed by atoms with van der Waals surface area (Å²) in [6.45, 7) is 1.90. The largest absolute Gasteiger partial charge is 0.270 e. The quantitative estimate of drug-likeness (QED) is 0.370. The lowest BCUT2D eigenvalue weighted by molar-refractivity contribution is 0.613. The van der Waals surface area contributed by atoms with Crippen molar-refractivity contribution >= 4 is 0 Å². The highest BCUT2D eigenvalue weighted by Crippen LogP contribution is 1.81. The molecule has 0 aromatic carbocycles. The standard InChI is InChI=1S/C4H9N3/c1-2-4(3-5)7-6/h4,7H,2,6H2,1H3. The number of nitrogens with one attached hydrogen (secondary N) is 1. The van der Waals surface area contributed by atoms with Gasteiger partial charge in [-0.15, -0.1) is 0 Å². The molecule has 3 heteroatoms. The van der Waals surface area contributed by atoms with Crippen LogP contribution in [0.5, 0.6) is 0 Å². The third-order valence-electron chi connectivity index (χ3n) is 0.765. The normalized spacial score (nSPS) is 12.7. The van der Waals surface area contributed by atoms with E-state index in [0.29, 0.717) is 0 Å². The van der Waals surface area contributed by atoms with Gasteiger partial charge in [-0.1, -0.05) is 6.92 Å². The molecule has 0 heterocycles. The lowest BCUT2D eigenvalue weighted by Gasteiger charge is -1.98. The van der Waals surface area contributed by atoms with E-state index >= 15 is 0 Å². The van der Waals surface area contributed by atoms with E-state index in [1.165, 1.54) is 0 Å². The molecule has 0 aromatic rings. The number of hydrazine groups is 1. The van der Waals surface area contributed by atoms with Crippen LogP contribution in [-0.2, 0) is 0 Å². The summed E-state index contributed by atoms with van der Waals surface area (Å²) >= 11 is 0. The van der Waals surface area contributed by atoms with E-state index in [1.807, 2.05) is 13.0 Å². The second kappa shape index (κ2) is 3.59. The Kier molecular flexibility index (Phi) is 3.29. The highest BCUT2D eigenvalue weighted by atomic mass is 15.2. The zero-order valence-electron chi connectivity index (χ0n) is 4.31. The van der Waals surface area contributed by atoms with Crippen LogP contribution in [0.15, 0.2) is 0 Å². The summed E-state index contributed by atoms with van der Waals surface area (Å²) in [5.41, 5.74) is 2.34. The second-order valence-electron chi connectivity index (χ2n) is 1.26. The molecular weight excluding hydrogens is 90.1 g/mol. The predicted octanol–water partition coefficient (Wildman–Crippen LogP) is -0.248. The number of hydrogen-bond acceptors (Lipinski definition) is 3. The molecule has 0 saturated carbocycles. The van der Waals surface area contributed by atoms with Crippen LogP contribution in [0.3, 0.4) is 0 Å².